The van der Waals surface area contributed by atoms with Gasteiger partial charge in [0, 0.05) is 16.1 Å². The highest BCUT2D eigenvalue weighted by Crippen LogP contribution is 2.46. The minimum absolute atomic E-state index is 0.0199. The maximum atomic E-state index is 14.3. The lowest BCUT2D eigenvalue weighted by molar-refractivity contribution is -0.147. The number of fused-ring (bicyclic) bond motifs is 3. The van der Waals surface area contributed by atoms with Crippen molar-refractivity contribution < 1.29 is 27.8 Å². The number of ether oxygens (including phenoxy) is 3. The van der Waals surface area contributed by atoms with E-state index >= 15 is 0 Å². The monoisotopic (exact) mass is 575 g/mol. The Bertz CT molecular complexity index is 1240. The molecule has 0 spiro atoms. The second-order valence-electron chi connectivity index (χ2n) is 7.30. The van der Waals surface area contributed by atoms with E-state index in [1.54, 1.807) is 43.3 Å². The Kier molecular flexibility index (Phi) is 7.14. The van der Waals surface area contributed by atoms with E-state index in [1.165, 1.54) is 7.11 Å². The molecular weight excluding hydrogens is 559 g/mol. The van der Waals surface area contributed by atoms with Crippen molar-refractivity contribution in [2.75, 3.05) is 13.7 Å². The predicted molar refractivity (Wildman–Crippen MR) is 124 cm³/mol. The number of esters is 1. The smallest absolute Gasteiger partial charge is 0.382 e. The lowest BCUT2D eigenvalue weighted by atomic mass is 9.99. The van der Waals surface area contributed by atoms with Crippen LogP contribution in [0.25, 0.3) is 5.69 Å². The van der Waals surface area contributed by atoms with E-state index < -0.39 is 29.4 Å². The standard InChI is InChI=1S/C22H18BrCl2F2N3O4/c1-3-33-17(31)10-16-20-28-29-21(22(25,26)27)30(20)14-8-7-11(24)9-13(14)19(34-16)12-5-4-6-15(32-2)18(12)23/h4-9,16,19H,3,10H2,1-2H3/t16-,19-/m1/s1. The van der Waals surface area contributed by atoms with Crippen molar-refractivity contribution in [3.63, 3.8) is 0 Å². The van der Waals surface area contributed by atoms with Crippen LogP contribution in [0.4, 0.5) is 8.78 Å². The molecule has 1 aromatic heterocycles. The van der Waals surface area contributed by atoms with E-state index in [2.05, 4.69) is 26.1 Å². The Morgan fingerprint density at radius 1 is 1.26 bits per heavy atom. The Morgan fingerprint density at radius 3 is 2.71 bits per heavy atom. The summed E-state index contributed by atoms with van der Waals surface area (Å²) < 4.78 is 47.2. The van der Waals surface area contributed by atoms with Crippen LogP contribution in [0.3, 0.4) is 0 Å². The molecule has 2 heterocycles. The molecule has 0 aliphatic carbocycles. The number of halogens is 5. The zero-order valence-corrected chi connectivity index (χ0v) is 21.0. The van der Waals surface area contributed by atoms with E-state index in [9.17, 15) is 13.6 Å². The van der Waals surface area contributed by atoms with Crippen molar-refractivity contribution in [1.29, 1.82) is 0 Å². The van der Waals surface area contributed by atoms with Crippen molar-refractivity contribution in [3.8, 4) is 11.4 Å². The van der Waals surface area contributed by atoms with Crippen molar-refractivity contribution in [2.24, 2.45) is 0 Å². The number of nitrogens with zero attached hydrogens (tertiary/aromatic N) is 3. The van der Waals surface area contributed by atoms with E-state index in [0.717, 1.165) is 4.57 Å². The number of hydrogen-bond acceptors (Lipinski definition) is 6. The lowest BCUT2D eigenvalue weighted by Crippen LogP contribution is -2.18. The zero-order chi connectivity index (χ0) is 24.6. The number of alkyl halides is 3. The Labute approximate surface area is 212 Å². The maximum Gasteiger partial charge on any atom is 0.382 e. The van der Waals surface area contributed by atoms with E-state index in [1.807, 2.05) is 0 Å². The van der Waals surface area contributed by atoms with Gasteiger partial charge in [0.25, 0.3) is 0 Å². The van der Waals surface area contributed by atoms with Gasteiger partial charge in [-0.15, -0.1) is 10.2 Å². The van der Waals surface area contributed by atoms with Crippen molar-refractivity contribution >= 4 is 45.1 Å². The van der Waals surface area contributed by atoms with Gasteiger partial charge in [-0.25, -0.2) is 0 Å². The van der Waals surface area contributed by atoms with Crippen LogP contribution in [0.15, 0.2) is 40.9 Å². The first kappa shape index (κ1) is 24.8. The highest BCUT2D eigenvalue weighted by Gasteiger charge is 2.42. The molecule has 7 nitrogen and oxygen atoms in total. The molecule has 0 radical (unpaired) electrons. The third-order valence-electron chi connectivity index (χ3n) is 5.20. The minimum Gasteiger partial charge on any atom is -0.496 e. The summed E-state index contributed by atoms with van der Waals surface area (Å²) in [6, 6.07) is 9.99. The molecule has 0 saturated heterocycles. The normalized spacial score (nSPS) is 17.5. The average molecular weight is 577 g/mol. The fourth-order valence-corrected chi connectivity index (χ4v) is 4.74. The van der Waals surface area contributed by atoms with Gasteiger partial charge < -0.3 is 14.2 Å². The van der Waals surface area contributed by atoms with Gasteiger partial charge in [-0.2, -0.15) is 8.78 Å². The van der Waals surface area contributed by atoms with Gasteiger partial charge in [0.05, 0.1) is 30.3 Å². The number of hydrogen-bond donors (Lipinski definition) is 0. The predicted octanol–water partition coefficient (Wildman–Crippen LogP) is 6.09. The second kappa shape index (κ2) is 9.77. The van der Waals surface area contributed by atoms with Gasteiger partial charge in [-0.3, -0.25) is 9.36 Å². The van der Waals surface area contributed by atoms with Gasteiger partial charge in [0.2, 0.25) is 5.82 Å². The minimum atomic E-state index is -3.84. The molecule has 2 atom stereocenters. The zero-order valence-electron chi connectivity index (χ0n) is 17.9. The number of carbonyl (C=O) groups is 1. The first-order chi connectivity index (χ1) is 16.2. The van der Waals surface area contributed by atoms with Gasteiger partial charge >= 0.3 is 11.4 Å². The summed E-state index contributed by atoms with van der Waals surface area (Å²) in [5.41, 5.74) is 1.34. The Morgan fingerprint density at radius 2 is 2.03 bits per heavy atom. The van der Waals surface area contributed by atoms with E-state index in [4.69, 9.17) is 37.4 Å². The SMILES string of the molecule is CCOC(=O)C[C@H]1O[C@H](c2cccc(OC)c2Br)c2cc(Cl)ccc2-n2c1nnc2C(F)(F)Cl. The third-order valence-corrected chi connectivity index (χ3v) is 6.45. The van der Waals surface area contributed by atoms with Gasteiger partial charge in [-0.1, -0.05) is 23.7 Å². The van der Waals surface area contributed by atoms with Crippen LogP contribution < -0.4 is 4.74 Å². The molecule has 12 heteroatoms. The van der Waals surface area contributed by atoms with Crippen molar-refractivity contribution in [1.82, 2.24) is 14.8 Å². The Balaban J connectivity index is 1.98. The molecule has 3 aromatic rings. The summed E-state index contributed by atoms with van der Waals surface area (Å²) in [4.78, 5) is 12.4. The maximum absolute atomic E-state index is 14.3. The molecule has 0 amide bonds. The fourth-order valence-electron chi connectivity index (χ4n) is 3.80. The number of benzene rings is 2. The molecule has 1 aliphatic rings. The average Bonchev–Trinajstić information content (AvgIpc) is 3.18. The largest absolute Gasteiger partial charge is 0.496 e. The van der Waals surface area contributed by atoms with Crippen LogP contribution in [0.1, 0.15) is 48.3 Å². The van der Waals surface area contributed by atoms with Gasteiger partial charge in [-0.05, 0) is 58.7 Å². The molecule has 2 aromatic carbocycles. The highest BCUT2D eigenvalue weighted by atomic mass is 79.9. The van der Waals surface area contributed by atoms with Crippen molar-refractivity contribution in [2.45, 2.75) is 30.9 Å². The molecule has 0 fully saturated rings. The number of aromatic nitrogens is 3. The molecule has 4 rings (SSSR count). The molecule has 0 bridgehead atoms. The Hall–Kier alpha value is -2.27. The summed E-state index contributed by atoms with van der Waals surface area (Å²) in [5, 5.41) is 4.06. The van der Waals surface area contributed by atoms with Gasteiger partial charge in [0.15, 0.2) is 5.82 Å². The number of carbonyl (C=O) groups excluding carboxylic acids is 1. The second-order valence-corrected chi connectivity index (χ2v) is 9.00. The quantitative estimate of drug-likeness (QED) is 0.261. The third kappa shape index (κ3) is 4.64. The molecular formula is C22H18BrCl2F2N3O4. The van der Waals surface area contributed by atoms with Crippen LogP contribution in [0, 0.1) is 0 Å². The summed E-state index contributed by atoms with van der Waals surface area (Å²) in [7, 11) is 1.52. The van der Waals surface area contributed by atoms with E-state index in [0.29, 0.717) is 26.4 Å². The summed E-state index contributed by atoms with van der Waals surface area (Å²) in [5.74, 6) is -0.888. The summed E-state index contributed by atoms with van der Waals surface area (Å²) >= 11 is 15.2. The van der Waals surface area contributed by atoms with Crippen LogP contribution in [0.2, 0.25) is 5.02 Å². The van der Waals surface area contributed by atoms with Crippen LogP contribution in [-0.2, 0) is 19.6 Å². The topological polar surface area (TPSA) is 75.5 Å². The number of rotatable bonds is 6. The van der Waals surface area contributed by atoms with Crippen molar-refractivity contribution in [3.05, 3.63) is 68.7 Å². The summed E-state index contributed by atoms with van der Waals surface area (Å²) in [6.45, 7) is 1.80. The molecule has 0 saturated carbocycles. The van der Waals surface area contributed by atoms with Crippen LogP contribution in [0.5, 0.6) is 5.75 Å². The fraction of sp³-hybridized carbons (Fsp3) is 0.318. The first-order valence-corrected chi connectivity index (χ1v) is 11.7. The van der Waals surface area contributed by atoms with Crippen LogP contribution in [-0.4, -0.2) is 34.5 Å². The highest BCUT2D eigenvalue weighted by molar-refractivity contribution is 9.10. The summed E-state index contributed by atoms with van der Waals surface area (Å²) in [6.07, 6.45) is -2.23. The molecule has 34 heavy (non-hydrogen) atoms. The number of methoxy groups -OCH3 is 1. The van der Waals surface area contributed by atoms with Crippen LogP contribution >= 0.6 is 39.1 Å². The molecule has 180 valence electrons. The molecule has 0 N–H and O–H groups in total. The first-order valence-electron chi connectivity index (χ1n) is 10.1. The van der Waals surface area contributed by atoms with E-state index in [-0.39, 0.29) is 24.5 Å². The lowest BCUT2D eigenvalue weighted by Gasteiger charge is -2.24. The molecule has 0 unspecified atom stereocenters. The molecule has 1 aliphatic heterocycles. The van der Waals surface area contributed by atoms with Gasteiger partial charge in [0.1, 0.15) is 18.0 Å².